The SMILES string of the molecule is Cc1ccc(N(c2ccccc2)c2ccc(OS(=O)c3ccc(N(c4ccccc4)c4ccc(C)cc4)cc3)cc2)cc1. The van der Waals surface area contributed by atoms with Crippen LogP contribution in [0.25, 0.3) is 0 Å². The molecule has 0 saturated heterocycles. The fraction of sp³-hybridized carbons (Fsp3) is 0.0526. The van der Waals surface area contributed by atoms with Gasteiger partial charge < -0.3 is 14.0 Å². The van der Waals surface area contributed by atoms with E-state index in [-0.39, 0.29) is 0 Å². The molecule has 1 unspecified atom stereocenters. The summed E-state index contributed by atoms with van der Waals surface area (Å²) in [5.41, 5.74) is 8.58. The van der Waals surface area contributed by atoms with Crippen molar-refractivity contribution < 1.29 is 8.39 Å². The van der Waals surface area contributed by atoms with Crippen LogP contribution in [0, 0.1) is 13.8 Å². The maximum atomic E-state index is 13.2. The van der Waals surface area contributed by atoms with E-state index in [1.54, 1.807) is 0 Å². The van der Waals surface area contributed by atoms with E-state index in [9.17, 15) is 4.21 Å². The van der Waals surface area contributed by atoms with Gasteiger partial charge >= 0.3 is 0 Å². The molecule has 6 aromatic rings. The van der Waals surface area contributed by atoms with Crippen LogP contribution < -0.4 is 14.0 Å². The zero-order valence-electron chi connectivity index (χ0n) is 24.1. The normalized spacial score (nSPS) is 11.5. The largest absolute Gasteiger partial charge is 0.397 e. The fourth-order valence-corrected chi connectivity index (χ4v) is 5.67. The first kappa shape index (κ1) is 28.0. The predicted octanol–water partition coefficient (Wildman–Crippen LogP) is 10.3. The van der Waals surface area contributed by atoms with Crippen LogP contribution in [0.2, 0.25) is 0 Å². The fourth-order valence-electron chi connectivity index (χ4n) is 4.93. The average molecular weight is 581 g/mol. The van der Waals surface area contributed by atoms with Gasteiger partial charge in [0.1, 0.15) is 5.75 Å². The first-order chi connectivity index (χ1) is 21.0. The van der Waals surface area contributed by atoms with E-state index in [1.165, 1.54) is 11.1 Å². The van der Waals surface area contributed by atoms with Crippen molar-refractivity contribution in [2.75, 3.05) is 9.80 Å². The number of hydrogen-bond donors (Lipinski definition) is 0. The Balaban J connectivity index is 1.21. The number of benzene rings is 6. The van der Waals surface area contributed by atoms with E-state index in [1.807, 2.05) is 84.9 Å². The first-order valence-corrected chi connectivity index (χ1v) is 15.3. The number of nitrogens with zero attached hydrogens (tertiary/aromatic N) is 2. The second-order valence-corrected chi connectivity index (χ2v) is 11.4. The molecule has 0 bridgehead atoms. The summed E-state index contributed by atoms with van der Waals surface area (Å²) >= 11 is -1.67. The Labute approximate surface area is 256 Å². The summed E-state index contributed by atoms with van der Waals surface area (Å²) in [6, 6.07) is 52.7. The van der Waals surface area contributed by atoms with Crippen LogP contribution in [0.15, 0.2) is 163 Å². The molecule has 0 amide bonds. The maximum absolute atomic E-state index is 13.2. The molecule has 0 aliphatic carbocycles. The van der Waals surface area contributed by atoms with Gasteiger partial charge in [-0.05, 0) is 111 Å². The molecule has 0 spiro atoms. The molecule has 5 heteroatoms. The molecule has 43 heavy (non-hydrogen) atoms. The van der Waals surface area contributed by atoms with Crippen LogP contribution in [0.5, 0.6) is 5.75 Å². The molecular formula is C38H32N2O2S. The van der Waals surface area contributed by atoms with Crippen LogP contribution in [0.4, 0.5) is 34.1 Å². The van der Waals surface area contributed by atoms with Crippen molar-refractivity contribution in [3.05, 3.63) is 169 Å². The summed E-state index contributed by atoms with van der Waals surface area (Å²) in [5, 5.41) is 0. The van der Waals surface area contributed by atoms with Crippen molar-refractivity contribution in [1.82, 2.24) is 0 Å². The Bertz CT molecular complexity index is 1790. The number of anilines is 6. The summed E-state index contributed by atoms with van der Waals surface area (Å²) in [6.45, 7) is 4.16. The van der Waals surface area contributed by atoms with E-state index in [0.29, 0.717) is 10.6 Å². The van der Waals surface area contributed by atoms with E-state index < -0.39 is 11.1 Å². The van der Waals surface area contributed by atoms with Gasteiger partial charge in [-0.2, -0.15) is 0 Å². The monoisotopic (exact) mass is 580 g/mol. The first-order valence-electron chi connectivity index (χ1n) is 14.2. The molecule has 0 aliphatic heterocycles. The average Bonchev–Trinajstić information content (AvgIpc) is 3.05. The highest BCUT2D eigenvalue weighted by molar-refractivity contribution is 7.80. The smallest absolute Gasteiger partial charge is 0.240 e. The van der Waals surface area contributed by atoms with Gasteiger partial charge in [0.2, 0.25) is 11.1 Å². The summed E-state index contributed by atoms with van der Waals surface area (Å²) < 4.78 is 19.1. The van der Waals surface area contributed by atoms with Crippen LogP contribution in [0.3, 0.4) is 0 Å². The molecule has 0 fully saturated rings. The zero-order valence-corrected chi connectivity index (χ0v) is 24.9. The van der Waals surface area contributed by atoms with Gasteiger partial charge in [0.05, 0.1) is 4.90 Å². The van der Waals surface area contributed by atoms with Gasteiger partial charge in [0.15, 0.2) is 0 Å². The van der Waals surface area contributed by atoms with Crippen molar-refractivity contribution in [3.63, 3.8) is 0 Å². The lowest BCUT2D eigenvalue weighted by Gasteiger charge is -2.26. The lowest BCUT2D eigenvalue weighted by molar-refractivity contribution is 0.562. The predicted molar refractivity (Wildman–Crippen MR) is 179 cm³/mol. The number of para-hydroxylation sites is 2. The molecule has 6 aromatic carbocycles. The van der Waals surface area contributed by atoms with E-state index in [0.717, 1.165) is 34.1 Å². The van der Waals surface area contributed by atoms with Gasteiger partial charge in [-0.25, -0.2) is 4.21 Å². The molecule has 0 aliphatic rings. The summed E-state index contributed by atoms with van der Waals surface area (Å²) in [7, 11) is 0. The van der Waals surface area contributed by atoms with Crippen molar-refractivity contribution in [3.8, 4) is 5.75 Å². The number of rotatable bonds is 9. The van der Waals surface area contributed by atoms with E-state index in [4.69, 9.17) is 4.18 Å². The van der Waals surface area contributed by atoms with Gasteiger partial charge in [-0.1, -0.05) is 71.8 Å². The van der Waals surface area contributed by atoms with Crippen LogP contribution in [-0.4, -0.2) is 4.21 Å². The molecule has 0 saturated carbocycles. The third kappa shape index (κ3) is 6.53. The van der Waals surface area contributed by atoms with Crippen LogP contribution >= 0.6 is 0 Å². The second kappa shape index (κ2) is 12.8. The third-order valence-corrected chi connectivity index (χ3v) is 8.17. The molecule has 6 rings (SSSR count). The molecular weight excluding hydrogens is 548 g/mol. The van der Waals surface area contributed by atoms with Crippen LogP contribution in [-0.2, 0) is 11.1 Å². The quantitative estimate of drug-likeness (QED) is 0.170. The Kier molecular flexibility index (Phi) is 8.34. The number of aryl methyl sites for hydroxylation is 2. The van der Waals surface area contributed by atoms with Crippen molar-refractivity contribution in [2.24, 2.45) is 0 Å². The summed E-state index contributed by atoms with van der Waals surface area (Å²) in [6.07, 6.45) is 0. The molecule has 0 N–H and O–H groups in total. The lowest BCUT2D eigenvalue weighted by atomic mass is 10.1. The van der Waals surface area contributed by atoms with E-state index >= 15 is 0 Å². The van der Waals surface area contributed by atoms with Crippen molar-refractivity contribution in [1.29, 1.82) is 0 Å². The molecule has 0 radical (unpaired) electrons. The molecule has 212 valence electrons. The zero-order chi connectivity index (χ0) is 29.6. The molecule has 4 nitrogen and oxygen atoms in total. The lowest BCUT2D eigenvalue weighted by Crippen LogP contribution is -2.10. The molecule has 0 heterocycles. The van der Waals surface area contributed by atoms with E-state index in [2.05, 4.69) is 96.4 Å². The highest BCUT2D eigenvalue weighted by Crippen LogP contribution is 2.37. The standard InChI is InChI=1S/C38H32N2O2S/c1-29-13-17-33(18-14-29)39(31-9-5-3-6-10-31)35-21-25-37(26-22-35)42-43(41)38-27-23-36(24-28-38)40(32-11-7-4-8-12-32)34-19-15-30(2)16-20-34/h3-28H,1-2H3. The maximum Gasteiger partial charge on any atom is 0.240 e. The Hall–Kier alpha value is -5.13. The molecule has 0 aromatic heterocycles. The minimum Gasteiger partial charge on any atom is -0.397 e. The van der Waals surface area contributed by atoms with Crippen molar-refractivity contribution in [2.45, 2.75) is 18.7 Å². The molecule has 1 atom stereocenters. The summed E-state index contributed by atoms with van der Waals surface area (Å²) in [4.78, 5) is 4.96. The van der Waals surface area contributed by atoms with Crippen molar-refractivity contribution >= 4 is 45.2 Å². The third-order valence-electron chi connectivity index (χ3n) is 7.17. The Morgan fingerprint density at radius 1 is 0.419 bits per heavy atom. The highest BCUT2D eigenvalue weighted by atomic mass is 32.2. The minimum absolute atomic E-state index is 0.536. The summed E-state index contributed by atoms with van der Waals surface area (Å²) in [5.74, 6) is 0.536. The number of hydrogen-bond acceptors (Lipinski definition) is 4. The minimum atomic E-state index is -1.67. The second-order valence-electron chi connectivity index (χ2n) is 10.3. The van der Waals surface area contributed by atoms with Gasteiger partial charge in [-0.15, -0.1) is 0 Å². The highest BCUT2D eigenvalue weighted by Gasteiger charge is 2.15. The Morgan fingerprint density at radius 2 is 0.744 bits per heavy atom. The van der Waals surface area contributed by atoms with Gasteiger partial charge in [0.25, 0.3) is 0 Å². The van der Waals surface area contributed by atoms with Gasteiger partial charge in [-0.3, -0.25) is 0 Å². The topological polar surface area (TPSA) is 32.8 Å². The van der Waals surface area contributed by atoms with Gasteiger partial charge in [0, 0.05) is 34.1 Å². The van der Waals surface area contributed by atoms with Crippen LogP contribution in [0.1, 0.15) is 11.1 Å². The Morgan fingerprint density at radius 3 is 1.14 bits per heavy atom.